The Morgan fingerprint density at radius 1 is 1.53 bits per heavy atom. The second kappa shape index (κ2) is 5.32. The molecule has 0 fully saturated rings. The van der Waals surface area contributed by atoms with Crippen molar-refractivity contribution >= 4 is 23.2 Å². The first-order valence-electron chi connectivity index (χ1n) is 5.83. The van der Waals surface area contributed by atoms with Crippen LogP contribution in [0.5, 0.6) is 5.75 Å². The minimum Gasteiger partial charge on any atom is -0.506 e. The zero-order valence-electron chi connectivity index (χ0n) is 10.6. The molecule has 0 saturated carbocycles. The number of rotatable bonds is 3. The predicted octanol–water partition coefficient (Wildman–Crippen LogP) is 2.59. The van der Waals surface area contributed by atoms with Crippen LogP contribution in [0.3, 0.4) is 0 Å². The molecular weight excluding hydrogens is 266 g/mol. The molecular formula is C13H14ClN3O2. The first-order chi connectivity index (χ1) is 9.01. The van der Waals surface area contributed by atoms with Gasteiger partial charge in [-0.3, -0.25) is 9.48 Å². The van der Waals surface area contributed by atoms with Crippen molar-refractivity contribution in [2.75, 3.05) is 5.32 Å². The number of phenols is 1. The molecule has 0 aliphatic heterocycles. The summed E-state index contributed by atoms with van der Waals surface area (Å²) in [6.45, 7) is 1.94. The van der Waals surface area contributed by atoms with Crippen molar-refractivity contribution in [3.63, 3.8) is 0 Å². The number of carbonyl (C=O) groups excluding carboxylic acids is 1. The largest absolute Gasteiger partial charge is 0.506 e. The quantitative estimate of drug-likeness (QED) is 0.907. The topological polar surface area (TPSA) is 67.2 Å². The van der Waals surface area contributed by atoms with Gasteiger partial charge in [-0.15, -0.1) is 0 Å². The Morgan fingerprint density at radius 3 is 2.89 bits per heavy atom. The van der Waals surface area contributed by atoms with Gasteiger partial charge < -0.3 is 10.4 Å². The molecule has 100 valence electrons. The second-order valence-corrected chi connectivity index (χ2v) is 4.54. The molecule has 2 N–H and O–H groups in total. The highest BCUT2D eigenvalue weighted by atomic mass is 35.5. The van der Waals surface area contributed by atoms with Crippen molar-refractivity contribution < 1.29 is 9.90 Å². The minimum absolute atomic E-state index is 0.0682. The lowest BCUT2D eigenvalue weighted by atomic mass is 10.2. The van der Waals surface area contributed by atoms with Gasteiger partial charge in [0.05, 0.1) is 16.3 Å². The Hall–Kier alpha value is -2.01. The van der Waals surface area contributed by atoms with Crippen molar-refractivity contribution in [3.8, 4) is 5.75 Å². The van der Waals surface area contributed by atoms with Crippen LogP contribution in [0, 0.1) is 0 Å². The number of nitrogens with one attached hydrogen (secondary N) is 1. The molecule has 0 aliphatic carbocycles. The Balaban J connectivity index is 2.22. The first kappa shape index (κ1) is 13.4. The van der Waals surface area contributed by atoms with E-state index in [1.807, 2.05) is 6.92 Å². The third kappa shape index (κ3) is 2.88. The number of benzene rings is 1. The van der Waals surface area contributed by atoms with E-state index in [2.05, 4.69) is 10.4 Å². The van der Waals surface area contributed by atoms with Crippen LogP contribution in [-0.2, 0) is 13.5 Å². The average Bonchev–Trinajstić information content (AvgIpc) is 2.75. The molecule has 0 atom stereocenters. The highest BCUT2D eigenvalue weighted by molar-refractivity contribution is 6.32. The number of amides is 1. The average molecular weight is 280 g/mol. The van der Waals surface area contributed by atoms with Crippen molar-refractivity contribution in [3.05, 3.63) is 40.7 Å². The Kier molecular flexibility index (Phi) is 3.76. The Bertz CT molecular complexity index is 622. The van der Waals surface area contributed by atoms with Gasteiger partial charge in [-0.1, -0.05) is 18.5 Å². The van der Waals surface area contributed by atoms with Gasteiger partial charge in [-0.25, -0.2) is 0 Å². The fourth-order valence-electron chi connectivity index (χ4n) is 1.77. The highest BCUT2D eigenvalue weighted by Gasteiger charge is 2.14. The SMILES string of the molecule is CCc1nn(C)cc1C(=O)Nc1ccc(Cl)c(O)c1. The first-order valence-corrected chi connectivity index (χ1v) is 6.21. The lowest BCUT2D eigenvalue weighted by Crippen LogP contribution is -2.13. The van der Waals surface area contributed by atoms with E-state index in [1.165, 1.54) is 12.1 Å². The zero-order chi connectivity index (χ0) is 14.0. The third-order valence-electron chi connectivity index (χ3n) is 2.69. The summed E-state index contributed by atoms with van der Waals surface area (Å²) in [4.78, 5) is 12.1. The molecule has 1 heterocycles. The molecule has 1 amide bonds. The molecule has 0 spiro atoms. The smallest absolute Gasteiger partial charge is 0.259 e. The van der Waals surface area contributed by atoms with Gasteiger partial charge in [0.2, 0.25) is 0 Å². The maximum atomic E-state index is 12.1. The highest BCUT2D eigenvalue weighted by Crippen LogP contribution is 2.26. The van der Waals surface area contributed by atoms with Crippen LogP contribution in [0.25, 0.3) is 0 Å². The van der Waals surface area contributed by atoms with E-state index in [4.69, 9.17) is 11.6 Å². The number of aromatic nitrogens is 2. The maximum absolute atomic E-state index is 12.1. The summed E-state index contributed by atoms with van der Waals surface area (Å²) in [6, 6.07) is 4.56. The van der Waals surface area contributed by atoms with Gasteiger partial charge in [0.25, 0.3) is 5.91 Å². The van der Waals surface area contributed by atoms with E-state index < -0.39 is 0 Å². The summed E-state index contributed by atoms with van der Waals surface area (Å²) in [5, 5.41) is 16.6. The van der Waals surface area contributed by atoms with Crippen LogP contribution >= 0.6 is 11.6 Å². The number of carbonyl (C=O) groups is 1. The predicted molar refractivity (Wildman–Crippen MR) is 73.7 cm³/mol. The molecule has 0 bridgehead atoms. The van der Waals surface area contributed by atoms with Crippen LogP contribution < -0.4 is 5.32 Å². The molecule has 0 unspecified atom stereocenters. The number of hydrogen-bond donors (Lipinski definition) is 2. The van der Waals surface area contributed by atoms with Gasteiger partial charge in [0, 0.05) is 25.0 Å². The monoisotopic (exact) mass is 279 g/mol. The standard InChI is InChI=1S/C13H14ClN3O2/c1-3-11-9(7-17(2)16-11)13(19)15-8-4-5-10(14)12(18)6-8/h4-7,18H,3H2,1-2H3,(H,15,19). The van der Waals surface area contributed by atoms with Gasteiger partial charge in [-0.2, -0.15) is 5.10 Å². The molecule has 19 heavy (non-hydrogen) atoms. The molecule has 0 aliphatic rings. The molecule has 6 heteroatoms. The van der Waals surface area contributed by atoms with E-state index in [1.54, 1.807) is 24.0 Å². The van der Waals surface area contributed by atoms with Crippen LogP contribution in [0.15, 0.2) is 24.4 Å². The number of nitrogens with zero attached hydrogens (tertiary/aromatic N) is 2. The summed E-state index contributed by atoms with van der Waals surface area (Å²) in [5.41, 5.74) is 1.75. The third-order valence-corrected chi connectivity index (χ3v) is 3.01. The molecule has 0 saturated heterocycles. The maximum Gasteiger partial charge on any atom is 0.259 e. The molecule has 5 nitrogen and oxygen atoms in total. The van der Waals surface area contributed by atoms with Gasteiger partial charge in [0.1, 0.15) is 5.75 Å². The Morgan fingerprint density at radius 2 is 2.26 bits per heavy atom. The summed E-state index contributed by atoms with van der Waals surface area (Å²) in [5.74, 6) is -0.326. The van der Waals surface area contributed by atoms with Gasteiger partial charge >= 0.3 is 0 Å². The van der Waals surface area contributed by atoms with Crippen LogP contribution in [-0.4, -0.2) is 20.8 Å². The van der Waals surface area contributed by atoms with E-state index >= 15 is 0 Å². The van der Waals surface area contributed by atoms with Crippen LogP contribution in [0.2, 0.25) is 5.02 Å². The van der Waals surface area contributed by atoms with Crippen molar-refractivity contribution in [2.24, 2.45) is 7.05 Å². The summed E-state index contributed by atoms with van der Waals surface area (Å²) < 4.78 is 1.60. The number of phenolic OH excluding ortho intramolecular Hbond substituents is 1. The normalized spacial score (nSPS) is 10.5. The van der Waals surface area contributed by atoms with Crippen molar-refractivity contribution in [1.82, 2.24) is 9.78 Å². The Labute approximate surface area is 115 Å². The fourth-order valence-corrected chi connectivity index (χ4v) is 1.89. The van der Waals surface area contributed by atoms with Crippen molar-refractivity contribution in [2.45, 2.75) is 13.3 Å². The number of hydrogen-bond acceptors (Lipinski definition) is 3. The van der Waals surface area contributed by atoms with E-state index in [0.29, 0.717) is 17.7 Å². The van der Waals surface area contributed by atoms with Crippen LogP contribution in [0.4, 0.5) is 5.69 Å². The van der Waals surface area contributed by atoms with E-state index in [9.17, 15) is 9.90 Å². The zero-order valence-corrected chi connectivity index (χ0v) is 11.4. The lowest BCUT2D eigenvalue weighted by molar-refractivity contribution is 0.102. The summed E-state index contributed by atoms with van der Waals surface area (Å²) >= 11 is 5.71. The van der Waals surface area contributed by atoms with E-state index in [0.717, 1.165) is 5.69 Å². The number of halogens is 1. The molecule has 1 aromatic carbocycles. The van der Waals surface area contributed by atoms with Crippen molar-refractivity contribution in [1.29, 1.82) is 0 Å². The second-order valence-electron chi connectivity index (χ2n) is 4.14. The number of aryl methyl sites for hydroxylation is 2. The molecule has 2 rings (SSSR count). The number of aromatic hydroxyl groups is 1. The summed E-state index contributed by atoms with van der Waals surface area (Å²) in [7, 11) is 1.77. The van der Waals surface area contributed by atoms with Gasteiger partial charge in [0.15, 0.2) is 0 Å². The fraction of sp³-hybridized carbons (Fsp3) is 0.231. The van der Waals surface area contributed by atoms with E-state index in [-0.39, 0.29) is 16.7 Å². The van der Waals surface area contributed by atoms with Gasteiger partial charge in [-0.05, 0) is 18.6 Å². The molecule has 2 aromatic rings. The minimum atomic E-state index is -0.258. The summed E-state index contributed by atoms with van der Waals surface area (Å²) in [6.07, 6.45) is 2.35. The lowest BCUT2D eigenvalue weighted by Gasteiger charge is -2.06. The number of anilines is 1. The van der Waals surface area contributed by atoms with Crippen LogP contribution in [0.1, 0.15) is 23.0 Å². The molecule has 0 radical (unpaired) electrons. The molecule has 1 aromatic heterocycles.